The quantitative estimate of drug-likeness (QED) is 0.871. The van der Waals surface area contributed by atoms with E-state index in [2.05, 4.69) is 22.1 Å². The lowest BCUT2D eigenvalue weighted by molar-refractivity contribution is 0.0536. The van der Waals surface area contributed by atoms with Gasteiger partial charge in [0.2, 0.25) is 0 Å². The molecule has 0 spiro atoms. The van der Waals surface area contributed by atoms with Gasteiger partial charge in [-0.05, 0) is 12.2 Å². The molecule has 2 saturated heterocycles. The summed E-state index contributed by atoms with van der Waals surface area (Å²) in [5.41, 5.74) is 0.0261. The number of hydrogen-bond acceptors (Lipinski definition) is 5. The molecule has 3 heterocycles. The van der Waals surface area contributed by atoms with Crippen LogP contribution in [0.2, 0.25) is 0 Å². The molecule has 18 heavy (non-hydrogen) atoms. The molecule has 98 valence electrons. The van der Waals surface area contributed by atoms with Crippen LogP contribution in [0.5, 0.6) is 0 Å². The van der Waals surface area contributed by atoms with Gasteiger partial charge < -0.3 is 5.11 Å². The van der Waals surface area contributed by atoms with E-state index in [4.69, 9.17) is 5.11 Å². The normalized spacial score (nSPS) is 29.4. The number of nitrogens with zero attached hydrogens (tertiary/aromatic N) is 4. The second-order valence-electron chi connectivity index (χ2n) is 4.93. The van der Waals surface area contributed by atoms with Crippen molar-refractivity contribution in [2.24, 2.45) is 0 Å². The first-order chi connectivity index (χ1) is 8.65. The van der Waals surface area contributed by atoms with Crippen molar-refractivity contribution in [3.05, 3.63) is 11.9 Å². The molecule has 2 unspecified atom stereocenters. The van der Waals surface area contributed by atoms with Gasteiger partial charge in [0.05, 0.1) is 12.2 Å². The van der Waals surface area contributed by atoms with Crippen molar-refractivity contribution in [3.63, 3.8) is 0 Å². The van der Waals surface area contributed by atoms with Crippen molar-refractivity contribution in [1.82, 2.24) is 19.9 Å². The van der Waals surface area contributed by atoms with E-state index in [1.54, 1.807) is 4.68 Å². The minimum absolute atomic E-state index is 0.0261. The average Bonchev–Trinajstić information content (AvgIpc) is 2.87. The van der Waals surface area contributed by atoms with Crippen LogP contribution in [-0.4, -0.2) is 61.1 Å². The first-order valence-corrected chi connectivity index (χ1v) is 7.21. The molecule has 0 aromatic carbocycles. The number of carboxylic acids is 1. The highest BCUT2D eigenvalue weighted by Crippen LogP contribution is 2.35. The summed E-state index contributed by atoms with van der Waals surface area (Å²) in [5, 5.41) is 17.0. The standard InChI is InChI=1S/C11H16N4O2S/c1-7-10(2-3-18-7)14-4-8(5-14)15-6-9(11(16)17)12-13-15/h6-8,10H,2-5H2,1H3,(H,16,17). The zero-order chi connectivity index (χ0) is 12.7. The van der Waals surface area contributed by atoms with Crippen LogP contribution in [0.3, 0.4) is 0 Å². The highest BCUT2D eigenvalue weighted by molar-refractivity contribution is 8.00. The van der Waals surface area contributed by atoms with E-state index in [-0.39, 0.29) is 11.7 Å². The van der Waals surface area contributed by atoms with E-state index in [9.17, 15) is 4.79 Å². The largest absolute Gasteiger partial charge is 0.476 e. The Morgan fingerprint density at radius 3 is 2.89 bits per heavy atom. The summed E-state index contributed by atoms with van der Waals surface area (Å²) in [5.74, 6) is 0.234. The fraction of sp³-hybridized carbons (Fsp3) is 0.727. The van der Waals surface area contributed by atoms with Gasteiger partial charge in [-0.3, -0.25) is 4.90 Å². The lowest BCUT2D eigenvalue weighted by atomic mass is 10.0. The van der Waals surface area contributed by atoms with Crippen LogP contribution < -0.4 is 0 Å². The van der Waals surface area contributed by atoms with Crippen molar-refractivity contribution in [2.75, 3.05) is 18.8 Å². The number of carboxylic acid groups (broad SMARTS) is 1. The maximum absolute atomic E-state index is 10.7. The van der Waals surface area contributed by atoms with E-state index in [0.717, 1.165) is 13.1 Å². The number of likely N-dealkylation sites (tertiary alicyclic amines) is 1. The number of rotatable bonds is 3. The molecule has 7 heteroatoms. The van der Waals surface area contributed by atoms with Gasteiger partial charge >= 0.3 is 5.97 Å². The fourth-order valence-corrected chi connectivity index (χ4v) is 3.96. The number of thioether (sulfide) groups is 1. The summed E-state index contributed by atoms with van der Waals surface area (Å²) in [7, 11) is 0. The summed E-state index contributed by atoms with van der Waals surface area (Å²) in [6.45, 7) is 4.20. The maximum Gasteiger partial charge on any atom is 0.358 e. The minimum atomic E-state index is -1.02. The molecular weight excluding hydrogens is 252 g/mol. The highest BCUT2D eigenvalue weighted by Gasteiger charge is 2.38. The first kappa shape index (κ1) is 12.0. The summed E-state index contributed by atoms with van der Waals surface area (Å²) in [6.07, 6.45) is 2.79. The SMILES string of the molecule is CC1SCCC1N1CC(n2cc(C(=O)O)nn2)C1. The Balaban J connectivity index is 1.59. The van der Waals surface area contributed by atoms with Gasteiger partial charge in [0.25, 0.3) is 0 Å². The first-order valence-electron chi connectivity index (χ1n) is 6.16. The lowest BCUT2D eigenvalue weighted by Gasteiger charge is -2.44. The molecule has 0 aliphatic carbocycles. The van der Waals surface area contributed by atoms with Crippen LogP contribution in [0.25, 0.3) is 0 Å². The fourth-order valence-electron chi connectivity index (χ4n) is 2.68. The Labute approximate surface area is 109 Å². The summed E-state index contributed by atoms with van der Waals surface area (Å²) >= 11 is 2.03. The van der Waals surface area contributed by atoms with Gasteiger partial charge in [0, 0.05) is 24.4 Å². The van der Waals surface area contributed by atoms with Crippen LogP contribution >= 0.6 is 11.8 Å². The Morgan fingerprint density at radius 2 is 2.33 bits per heavy atom. The Morgan fingerprint density at radius 1 is 1.56 bits per heavy atom. The maximum atomic E-state index is 10.7. The molecule has 2 atom stereocenters. The van der Waals surface area contributed by atoms with Crippen molar-refractivity contribution in [2.45, 2.75) is 30.7 Å². The molecule has 2 aliphatic heterocycles. The van der Waals surface area contributed by atoms with Gasteiger partial charge in [-0.25, -0.2) is 9.48 Å². The third-order valence-corrected chi connectivity index (χ3v) is 5.11. The Hall–Kier alpha value is -1.08. The Bertz CT molecular complexity index is 458. The average molecular weight is 268 g/mol. The van der Waals surface area contributed by atoms with Crippen LogP contribution in [0.1, 0.15) is 29.9 Å². The number of carbonyl (C=O) groups is 1. The van der Waals surface area contributed by atoms with E-state index in [1.807, 2.05) is 11.8 Å². The molecule has 0 saturated carbocycles. The molecule has 0 amide bonds. The van der Waals surface area contributed by atoms with Crippen LogP contribution in [0.4, 0.5) is 0 Å². The van der Waals surface area contributed by atoms with Crippen molar-refractivity contribution >= 4 is 17.7 Å². The minimum Gasteiger partial charge on any atom is -0.476 e. The van der Waals surface area contributed by atoms with Crippen LogP contribution in [-0.2, 0) is 0 Å². The van der Waals surface area contributed by atoms with Crippen LogP contribution in [0, 0.1) is 0 Å². The second-order valence-corrected chi connectivity index (χ2v) is 6.41. The molecule has 2 aliphatic rings. The van der Waals surface area contributed by atoms with Gasteiger partial charge in [0.15, 0.2) is 5.69 Å². The number of aromatic nitrogens is 3. The molecule has 1 N–H and O–H groups in total. The van der Waals surface area contributed by atoms with Gasteiger partial charge in [-0.2, -0.15) is 11.8 Å². The third-order valence-electron chi connectivity index (χ3n) is 3.80. The molecule has 0 radical (unpaired) electrons. The molecule has 1 aromatic heterocycles. The van der Waals surface area contributed by atoms with Crippen molar-refractivity contribution in [1.29, 1.82) is 0 Å². The monoisotopic (exact) mass is 268 g/mol. The summed E-state index contributed by atoms with van der Waals surface area (Å²) < 4.78 is 1.69. The third kappa shape index (κ3) is 2.01. The van der Waals surface area contributed by atoms with Crippen molar-refractivity contribution in [3.8, 4) is 0 Å². The molecule has 6 nitrogen and oxygen atoms in total. The molecular formula is C11H16N4O2S. The zero-order valence-electron chi connectivity index (χ0n) is 10.2. The van der Waals surface area contributed by atoms with E-state index in [0.29, 0.717) is 11.3 Å². The zero-order valence-corrected chi connectivity index (χ0v) is 11.0. The van der Waals surface area contributed by atoms with E-state index < -0.39 is 5.97 Å². The van der Waals surface area contributed by atoms with Crippen molar-refractivity contribution < 1.29 is 9.90 Å². The highest BCUT2D eigenvalue weighted by atomic mass is 32.2. The van der Waals surface area contributed by atoms with E-state index in [1.165, 1.54) is 18.4 Å². The molecule has 1 aromatic rings. The van der Waals surface area contributed by atoms with Gasteiger partial charge in [0.1, 0.15) is 0 Å². The van der Waals surface area contributed by atoms with E-state index >= 15 is 0 Å². The predicted octanol–water partition coefficient (Wildman–Crippen LogP) is 0.727. The smallest absolute Gasteiger partial charge is 0.358 e. The summed E-state index contributed by atoms with van der Waals surface area (Å²) in [4.78, 5) is 13.2. The molecule has 2 fully saturated rings. The number of aromatic carboxylic acids is 1. The topological polar surface area (TPSA) is 71.2 Å². The molecule has 3 rings (SSSR count). The number of hydrogen-bond donors (Lipinski definition) is 1. The van der Waals surface area contributed by atoms with Gasteiger partial charge in [-0.15, -0.1) is 5.10 Å². The Kier molecular flexibility index (Phi) is 3.03. The second kappa shape index (κ2) is 4.55. The van der Waals surface area contributed by atoms with Crippen LogP contribution in [0.15, 0.2) is 6.20 Å². The predicted molar refractivity (Wildman–Crippen MR) is 67.9 cm³/mol. The molecule has 0 bridgehead atoms. The lowest BCUT2D eigenvalue weighted by Crippen LogP contribution is -2.54. The van der Waals surface area contributed by atoms with Gasteiger partial charge in [-0.1, -0.05) is 12.1 Å². The summed E-state index contributed by atoms with van der Waals surface area (Å²) in [6, 6.07) is 0.956.